The Balaban J connectivity index is 2.29. The first-order valence-corrected chi connectivity index (χ1v) is 7.91. The molecule has 0 radical (unpaired) electrons. The summed E-state index contributed by atoms with van der Waals surface area (Å²) in [5.41, 5.74) is 0.666. The molecule has 0 spiro atoms. The molecule has 0 saturated heterocycles. The summed E-state index contributed by atoms with van der Waals surface area (Å²) >= 11 is 1.34. The van der Waals surface area contributed by atoms with E-state index in [0.717, 1.165) is 6.42 Å². The van der Waals surface area contributed by atoms with Gasteiger partial charge in [0.2, 0.25) is 0 Å². The Kier molecular flexibility index (Phi) is 3.93. The van der Waals surface area contributed by atoms with Gasteiger partial charge in [-0.3, -0.25) is 9.71 Å². The molecule has 2 rings (SSSR count). The Hall–Kier alpha value is -1.47. The molecule has 18 heavy (non-hydrogen) atoms. The molecule has 1 N–H and O–H groups in total. The Labute approximate surface area is 110 Å². The molecular formula is C11H13N3O2S2. The van der Waals surface area contributed by atoms with Crippen LogP contribution in [0.3, 0.4) is 0 Å². The highest BCUT2D eigenvalue weighted by molar-refractivity contribution is 7.92. The van der Waals surface area contributed by atoms with Crippen LogP contribution in [0.25, 0.3) is 0 Å². The average molecular weight is 283 g/mol. The number of anilines is 1. The molecule has 2 aromatic rings. The molecule has 0 aliphatic heterocycles. The van der Waals surface area contributed by atoms with Gasteiger partial charge in [-0.1, -0.05) is 13.3 Å². The number of nitrogens with zero attached hydrogens (tertiary/aromatic N) is 2. The molecule has 0 bridgehead atoms. The van der Waals surface area contributed by atoms with E-state index in [1.54, 1.807) is 23.0 Å². The van der Waals surface area contributed by atoms with Crippen LogP contribution in [0.1, 0.15) is 19.0 Å². The quantitative estimate of drug-likeness (QED) is 0.914. The summed E-state index contributed by atoms with van der Waals surface area (Å²) in [5, 5.41) is 3.30. The molecule has 2 heterocycles. The molecule has 2 aromatic heterocycles. The largest absolute Gasteiger partial charge is 0.263 e. The van der Waals surface area contributed by atoms with Crippen LogP contribution in [0.4, 0.5) is 5.82 Å². The van der Waals surface area contributed by atoms with Gasteiger partial charge in [0.05, 0.1) is 10.6 Å². The summed E-state index contributed by atoms with van der Waals surface area (Å²) < 4.78 is 26.6. The number of nitrogens with one attached hydrogen (secondary N) is 1. The molecule has 0 amide bonds. The molecule has 0 unspecified atom stereocenters. The highest BCUT2D eigenvalue weighted by atomic mass is 32.2. The number of aromatic nitrogens is 2. The molecule has 5 nitrogen and oxygen atoms in total. The van der Waals surface area contributed by atoms with Gasteiger partial charge in [0.25, 0.3) is 10.0 Å². The molecule has 96 valence electrons. The SMILES string of the molecule is CCCc1nccnc1NS(=O)(=O)c1ccsc1. The summed E-state index contributed by atoms with van der Waals surface area (Å²) in [6.07, 6.45) is 4.61. The van der Waals surface area contributed by atoms with Crippen LogP contribution in [-0.2, 0) is 16.4 Å². The van der Waals surface area contributed by atoms with Gasteiger partial charge in [0.15, 0.2) is 5.82 Å². The minimum atomic E-state index is -3.55. The molecule has 0 fully saturated rings. The Morgan fingerprint density at radius 1 is 1.33 bits per heavy atom. The third-order valence-corrected chi connectivity index (χ3v) is 4.47. The first-order chi connectivity index (χ1) is 8.63. The maximum Gasteiger partial charge on any atom is 0.263 e. The lowest BCUT2D eigenvalue weighted by molar-refractivity contribution is 0.601. The molecular weight excluding hydrogens is 270 g/mol. The van der Waals surface area contributed by atoms with Crippen LogP contribution in [0, 0.1) is 0 Å². The van der Waals surface area contributed by atoms with Crippen molar-refractivity contribution in [3.05, 3.63) is 34.9 Å². The predicted octanol–water partition coefficient (Wildman–Crippen LogP) is 2.29. The summed E-state index contributed by atoms with van der Waals surface area (Å²) in [6, 6.07) is 1.56. The van der Waals surface area contributed by atoms with Gasteiger partial charge in [-0.2, -0.15) is 11.3 Å². The second kappa shape index (κ2) is 5.45. The van der Waals surface area contributed by atoms with Crippen molar-refractivity contribution in [2.24, 2.45) is 0 Å². The fourth-order valence-corrected chi connectivity index (χ4v) is 3.53. The minimum absolute atomic E-state index is 0.251. The number of aryl methyl sites for hydroxylation is 1. The number of rotatable bonds is 5. The second-order valence-electron chi connectivity index (χ2n) is 3.67. The average Bonchev–Trinajstić information content (AvgIpc) is 2.86. The molecule has 0 atom stereocenters. The van der Waals surface area contributed by atoms with E-state index in [2.05, 4.69) is 14.7 Å². The van der Waals surface area contributed by atoms with Crippen LogP contribution in [-0.4, -0.2) is 18.4 Å². The number of thiophene rings is 1. The Bertz CT molecular complexity index is 609. The van der Waals surface area contributed by atoms with Gasteiger partial charge >= 0.3 is 0 Å². The Morgan fingerprint density at radius 2 is 2.11 bits per heavy atom. The number of sulfonamides is 1. The first kappa shape index (κ1) is 13.0. The van der Waals surface area contributed by atoms with E-state index in [1.807, 2.05) is 6.92 Å². The maximum atomic E-state index is 12.0. The Morgan fingerprint density at radius 3 is 2.78 bits per heavy atom. The van der Waals surface area contributed by atoms with Gasteiger partial charge in [0, 0.05) is 17.8 Å². The van der Waals surface area contributed by atoms with Gasteiger partial charge in [0.1, 0.15) is 0 Å². The fourth-order valence-electron chi connectivity index (χ4n) is 1.46. The number of hydrogen-bond acceptors (Lipinski definition) is 5. The highest BCUT2D eigenvalue weighted by Crippen LogP contribution is 2.19. The highest BCUT2D eigenvalue weighted by Gasteiger charge is 2.17. The lowest BCUT2D eigenvalue weighted by Gasteiger charge is -2.08. The van der Waals surface area contributed by atoms with Gasteiger partial charge < -0.3 is 0 Å². The van der Waals surface area contributed by atoms with Crippen LogP contribution in [0.5, 0.6) is 0 Å². The summed E-state index contributed by atoms with van der Waals surface area (Å²) in [6.45, 7) is 2.01. The third kappa shape index (κ3) is 2.85. The van der Waals surface area contributed by atoms with Crippen molar-refractivity contribution >= 4 is 27.2 Å². The second-order valence-corrected chi connectivity index (χ2v) is 6.13. The van der Waals surface area contributed by atoms with Crippen LogP contribution < -0.4 is 4.72 Å². The maximum absolute atomic E-state index is 12.0. The van der Waals surface area contributed by atoms with E-state index in [4.69, 9.17) is 0 Å². The number of hydrogen-bond donors (Lipinski definition) is 1. The first-order valence-electron chi connectivity index (χ1n) is 5.48. The minimum Gasteiger partial charge on any atom is -0.262 e. The molecule has 0 aromatic carbocycles. The zero-order valence-electron chi connectivity index (χ0n) is 9.83. The van der Waals surface area contributed by atoms with Crippen molar-refractivity contribution in [3.63, 3.8) is 0 Å². The van der Waals surface area contributed by atoms with E-state index in [9.17, 15) is 8.42 Å². The molecule has 7 heteroatoms. The predicted molar refractivity (Wildman–Crippen MR) is 71.2 cm³/mol. The van der Waals surface area contributed by atoms with E-state index in [0.29, 0.717) is 17.9 Å². The monoisotopic (exact) mass is 283 g/mol. The van der Waals surface area contributed by atoms with Crippen molar-refractivity contribution in [1.82, 2.24) is 9.97 Å². The smallest absolute Gasteiger partial charge is 0.262 e. The van der Waals surface area contributed by atoms with Gasteiger partial charge in [-0.25, -0.2) is 13.4 Å². The third-order valence-electron chi connectivity index (χ3n) is 2.30. The van der Waals surface area contributed by atoms with Crippen molar-refractivity contribution < 1.29 is 8.42 Å². The van der Waals surface area contributed by atoms with Crippen molar-refractivity contribution in [3.8, 4) is 0 Å². The van der Waals surface area contributed by atoms with Gasteiger partial charge in [-0.05, 0) is 17.9 Å². The summed E-state index contributed by atoms with van der Waals surface area (Å²) in [5.74, 6) is 0.311. The van der Waals surface area contributed by atoms with E-state index < -0.39 is 10.0 Å². The van der Waals surface area contributed by atoms with Crippen LogP contribution >= 0.6 is 11.3 Å². The van der Waals surface area contributed by atoms with Crippen molar-refractivity contribution in [1.29, 1.82) is 0 Å². The van der Waals surface area contributed by atoms with Crippen molar-refractivity contribution in [2.75, 3.05) is 4.72 Å². The lowest BCUT2D eigenvalue weighted by Crippen LogP contribution is -2.15. The topological polar surface area (TPSA) is 72.0 Å². The van der Waals surface area contributed by atoms with E-state index in [1.165, 1.54) is 17.5 Å². The zero-order valence-corrected chi connectivity index (χ0v) is 11.5. The van der Waals surface area contributed by atoms with Crippen LogP contribution in [0.15, 0.2) is 34.1 Å². The van der Waals surface area contributed by atoms with Crippen LogP contribution in [0.2, 0.25) is 0 Å². The molecule has 0 aliphatic rings. The molecule has 0 saturated carbocycles. The normalized spacial score (nSPS) is 11.4. The lowest BCUT2D eigenvalue weighted by atomic mass is 10.2. The zero-order chi connectivity index (χ0) is 13.0. The van der Waals surface area contributed by atoms with E-state index in [-0.39, 0.29) is 4.90 Å². The van der Waals surface area contributed by atoms with Gasteiger partial charge in [-0.15, -0.1) is 0 Å². The standard InChI is InChI=1S/C11H13N3O2S2/c1-2-3-10-11(13-6-5-12-10)14-18(15,16)9-4-7-17-8-9/h4-8H,2-3H2,1H3,(H,13,14). The fraction of sp³-hybridized carbons (Fsp3) is 0.273. The summed E-state index contributed by atoms with van der Waals surface area (Å²) in [7, 11) is -3.55. The van der Waals surface area contributed by atoms with Crippen molar-refractivity contribution in [2.45, 2.75) is 24.7 Å². The molecule has 0 aliphatic carbocycles. The van der Waals surface area contributed by atoms with E-state index >= 15 is 0 Å². The summed E-state index contributed by atoms with van der Waals surface area (Å²) in [4.78, 5) is 8.44.